The van der Waals surface area contributed by atoms with Crippen LogP contribution in [-0.4, -0.2) is 4.98 Å². The van der Waals surface area contributed by atoms with Crippen LogP contribution in [0.2, 0.25) is 0 Å². The van der Waals surface area contributed by atoms with Gasteiger partial charge in [-0.2, -0.15) is 0 Å². The van der Waals surface area contributed by atoms with Crippen LogP contribution in [0.4, 0.5) is 0 Å². The summed E-state index contributed by atoms with van der Waals surface area (Å²) in [4.78, 5) is 25.8. The molecule has 2 aliphatic heterocycles. The van der Waals surface area contributed by atoms with Crippen LogP contribution in [0, 0.1) is 15.0 Å². The van der Waals surface area contributed by atoms with E-state index in [2.05, 4.69) is 23.2 Å². The van der Waals surface area contributed by atoms with Crippen LogP contribution >= 0.6 is 22.7 Å². The second kappa shape index (κ2) is 3.05. The Morgan fingerprint density at radius 3 is 2.74 bits per heavy atom. The molecule has 5 heteroatoms. The zero-order chi connectivity index (χ0) is 12.7. The molecule has 0 aromatic rings. The van der Waals surface area contributed by atoms with Gasteiger partial charge in [-0.05, 0) is 29.2 Å². The van der Waals surface area contributed by atoms with Crippen molar-refractivity contribution in [1.29, 1.82) is 0 Å². The number of hydrogen-bond donors (Lipinski definition) is 1. The van der Waals surface area contributed by atoms with E-state index in [9.17, 15) is 9.59 Å². The molecule has 1 N–H and O–H groups in total. The van der Waals surface area contributed by atoms with Crippen molar-refractivity contribution in [3.8, 4) is 0 Å². The number of fused-ring (bicyclic) bond motifs is 5. The number of aromatic amines is 1. The third-order valence-electron chi connectivity index (χ3n) is 3.98. The normalized spacial score (nSPS) is 22.3. The van der Waals surface area contributed by atoms with Gasteiger partial charge in [-0.25, -0.2) is 0 Å². The van der Waals surface area contributed by atoms with E-state index in [1.807, 2.05) is 0 Å². The minimum absolute atomic E-state index is 0.246. The number of hydrogen-bond acceptors (Lipinski definition) is 4. The molecule has 3 aliphatic carbocycles. The molecule has 5 aliphatic rings. The van der Waals surface area contributed by atoms with Gasteiger partial charge in [-0.15, -0.1) is 22.7 Å². The highest BCUT2D eigenvalue weighted by atomic mass is 32.1. The first-order valence-electron chi connectivity index (χ1n) is 6.06. The van der Waals surface area contributed by atoms with Crippen molar-refractivity contribution in [2.45, 2.75) is 6.42 Å². The molecular weight excluding hydrogens is 278 g/mol. The van der Waals surface area contributed by atoms with Crippen LogP contribution in [0.1, 0.15) is 6.42 Å². The molecule has 2 bridgehead atoms. The van der Waals surface area contributed by atoms with Gasteiger partial charge in [-0.3, -0.25) is 14.6 Å². The van der Waals surface area contributed by atoms with Crippen LogP contribution < -0.4 is 20.2 Å². The van der Waals surface area contributed by atoms with Crippen LogP contribution in [0.25, 0.3) is 11.6 Å². The summed E-state index contributed by atoms with van der Waals surface area (Å²) in [6.45, 7) is 0. The summed E-state index contributed by atoms with van der Waals surface area (Å²) in [5, 5.41) is 0. The number of rotatable bonds is 0. The summed E-state index contributed by atoms with van der Waals surface area (Å²) < 4.78 is 3.46. The largest absolute Gasteiger partial charge is 0.287 e. The highest BCUT2D eigenvalue weighted by molar-refractivity contribution is 7.14. The zero-order valence-electron chi connectivity index (χ0n) is 9.65. The van der Waals surface area contributed by atoms with Crippen LogP contribution in [0.3, 0.4) is 0 Å². The fourth-order valence-electron chi connectivity index (χ4n) is 3.17. The summed E-state index contributed by atoms with van der Waals surface area (Å²) in [5.41, 5.74) is 3.59. The molecule has 0 amide bonds. The van der Waals surface area contributed by atoms with Gasteiger partial charge in [0, 0.05) is 15.0 Å². The average molecular weight is 285 g/mol. The van der Waals surface area contributed by atoms with E-state index < -0.39 is 0 Å². The molecule has 92 valence electrons. The zero-order valence-corrected chi connectivity index (χ0v) is 11.3. The van der Waals surface area contributed by atoms with Crippen molar-refractivity contribution < 1.29 is 0 Å². The third-order valence-corrected chi connectivity index (χ3v) is 6.61. The Morgan fingerprint density at radius 1 is 1.11 bits per heavy atom. The summed E-state index contributed by atoms with van der Waals surface area (Å²) in [5.74, 6) is 0.476. The molecule has 0 aromatic carbocycles. The van der Waals surface area contributed by atoms with Gasteiger partial charge in [0.05, 0.1) is 0 Å². The van der Waals surface area contributed by atoms with E-state index in [0.29, 0.717) is 15.0 Å². The molecule has 0 saturated heterocycles. The van der Waals surface area contributed by atoms with Gasteiger partial charge < -0.3 is 0 Å². The van der Waals surface area contributed by atoms with Crippen molar-refractivity contribution in [2.75, 3.05) is 0 Å². The minimum atomic E-state index is -0.252. The molecule has 3 nitrogen and oxygen atoms in total. The maximum atomic E-state index is 11.8. The third kappa shape index (κ3) is 1.09. The van der Waals surface area contributed by atoms with Gasteiger partial charge in [0.1, 0.15) is 9.06 Å². The second-order valence-corrected chi connectivity index (χ2v) is 7.08. The quantitative estimate of drug-likeness (QED) is 0.762. The lowest BCUT2D eigenvalue weighted by Gasteiger charge is -2.05. The average Bonchev–Trinajstić information content (AvgIpc) is 3.10. The van der Waals surface area contributed by atoms with Gasteiger partial charge in [0.2, 0.25) is 0 Å². The lowest BCUT2D eigenvalue weighted by Crippen LogP contribution is -2.20. The standard InChI is InChI=1S/C14H7NO2S2/c16-13-11-12(14(17)15-13)19-10-8(18-11)4-7-5-1-2-6(3-5)9(7)10/h1-2,4,6H,3H2,(H,15,16,17). The highest BCUT2D eigenvalue weighted by Gasteiger charge is 2.33. The van der Waals surface area contributed by atoms with Crippen molar-refractivity contribution in [3.05, 3.63) is 62.1 Å². The smallest absolute Gasteiger partial charge is 0.269 e. The molecule has 0 saturated carbocycles. The molecule has 5 rings (SSSR count). The number of H-pyrrole nitrogens is 1. The number of nitrogens with one attached hydrogen (secondary N) is 1. The molecule has 0 aromatic heterocycles. The van der Waals surface area contributed by atoms with Crippen molar-refractivity contribution in [3.63, 3.8) is 0 Å². The Labute approximate surface area is 114 Å². The van der Waals surface area contributed by atoms with Gasteiger partial charge >= 0.3 is 0 Å². The number of aromatic nitrogens is 1. The molecule has 0 fully saturated rings. The Hall–Kier alpha value is -1.72. The Kier molecular flexibility index (Phi) is 1.63. The first kappa shape index (κ1) is 10.1. The fourth-order valence-corrected chi connectivity index (χ4v) is 5.66. The van der Waals surface area contributed by atoms with Crippen molar-refractivity contribution in [2.24, 2.45) is 5.92 Å². The van der Waals surface area contributed by atoms with Crippen LogP contribution in [0.5, 0.6) is 0 Å². The number of allylic oxidation sites excluding steroid dienone is 4. The van der Waals surface area contributed by atoms with Crippen molar-refractivity contribution >= 4 is 34.3 Å². The molecule has 2 heterocycles. The Balaban J connectivity index is 2.10. The highest BCUT2D eigenvalue weighted by Crippen LogP contribution is 2.45. The van der Waals surface area contributed by atoms with E-state index in [1.54, 1.807) is 0 Å². The SMILES string of the molecule is O=c1[nH]c(=O)c2sc3c(sc1=2)=CC1=C2C=CC(C2)C=31. The summed E-state index contributed by atoms with van der Waals surface area (Å²) in [6.07, 6.45) is 7.72. The van der Waals surface area contributed by atoms with Gasteiger partial charge in [0.25, 0.3) is 11.1 Å². The molecular formula is C14H7NO2S2. The van der Waals surface area contributed by atoms with E-state index in [-0.39, 0.29) is 11.1 Å². The van der Waals surface area contributed by atoms with E-state index in [0.717, 1.165) is 11.0 Å². The summed E-state index contributed by atoms with van der Waals surface area (Å²) in [7, 11) is 0. The second-order valence-electron chi connectivity index (χ2n) is 5.01. The Morgan fingerprint density at radius 2 is 1.89 bits per heavy atom. The monoisotopic (exact) mass is 285 g/mol. The molecule has 0 radical (unpaired) electrons. The van der Waals surface area contributed by atoms with Crippen molar-refractivity contribution in [1.82, 2.24) is 4.98 Å². The molecule has 1 unspecified atom stereocenters. The topological polar surface area (TPSA) is 49.9 Å². The van der Waals surface area contributed by atoms with Crippen LogP contribution in [-0.2, 0) is 0 Å². The van der Waals surface area contributed by atoms with Gasteiger partial charge in [0.15, 0.2) is 0 Å². The first-order valence-corrected chi connectivity index (χ1v) is 7.69. The van der Waals surface area contributed by atoms with Crippen LogP contribution in [0.15, 0.2) is 32.9 Å². The van der Waals surface area contributed by atoms with Gasteiger partial charge in [-0.1, -0.05) is 12.2 Å². The molecule has 0 spiro atoms. The maximum Gasteiger partial charge on any atom is 0.269 e. The summed E-state index contributed by atoms with van der Waals surface area (Å²) >= 11 is 2.91. The van der Waals surface area contributed by atoms with E-state index >= 15 is 0 Å². The fraction of sp³-hybridized carbons (Fsp3) is 0.143. The first-order chi connectivity index (χ1) is 9.22. The van der Waals surface area contributed by atoms with E-state index in [1.165, 1.54) is 43.9 Å². The predicted molar refractivity (Wildman–Crippen MR) is 75.8 cm³/mol. The summed E-state index contributed by atoms with van der Waals surface area (Å²) in [6, 6.07) is 0. The lowest BCUT2D eigenvalue weighted by molar-refractivity contribution is 0.904. The Bertz CT molecular complexity index is 1120. The maximum absolute atomic E-state index is 11.8. The predicted octanol–water partition coefficient (Wildman–Crippen LogP) is 0.414. The molecule has 19 heavy (non-hydrogen) atoms. The van der Waals surface area contributed by atoms with E-state index in [4.69, 9.17) is 0 Å². The molecule has 1 atom stereocenters. The minimum Gasteiger partial charge on any atom is -0.287 e. The lowest BCUT2D eigenvalue weighted by atomic mass is 10.0.